The van der Waals surface area contributed by atoms with Gasteiger partial charge in [-0.25, -0.2) is 17.6 Å². The van der Waals surface area contributed by atoms with Gasteiger partial charge in [0.1, 0.15) is 5.82 Å². The zero-order chi connectivity index (χ0) is 22.7. The molecular weight excluding hydrogens is 435 g/mol. The SMILES string of the molecule is O=C(OCC(=O)N1CCN(S(=O)(=O)c2ccc3ccccc3c2)CC1)c1ccccc1F. The second-order valence-corrected chi connectivity index (χ2v) is 9.29. The Kier molecular flexibility index (Phi) is 6.20. The highest BCUT2D eigenvalue weighted by Crippen LogP contribution is 2.23. The summed E-state index contributed by atoms with van der Waals surface area (Å²) in [6, 6.07) is 17.9. The zero-order valence-corrected chi connectivity index (χ0v) is 17.9. The number of carbonyl (C=O) groups excluding carboxylic acids is 2. The predicted molar refractivity (Wildman–Crippen MR) is 116 cm³/mol. The second kappa shape index (κ2) is 9.05. The van der Waals surface area contributed by atoms with Crippen LogP contribution in [-0.2, 0) is 19.6 Å². The molecule has 0 bridgehead atoms. The number of hydrogen-bond acceptors (Lipinski definition) is 5. The predicted octanol–water partition coefficient (Wildman–Crippen LogP) is 2.67. The van der Waals surface area contributed by atoms with Gasteiger partial charge in [0.15, 0.2) is 6.61 Å². The molecule has 0 N–H and O–H groups in total. The molecule has 3 aromatic rings. The first-order valence-electron chi connectivity index (χ1n) is 10.0. The molecule has 1 amide bonds. The number of nitrogens with zero attached hydrogens (tertiary/aromatic N) is 2. The maximum Gasteiger partial charge on any atom is 0.341 e. The van der Waals surface area contributed by atoms with Gasteiger partial charge in [-0.2, -0.15) is 4.31 Å². The Hall–Kier alpha value is -3.30. The van der Waals surface area contributed by atoms with Crippen molar-refractivity contribution in [3.05, 3.63) is 78.1 Å². The van der Waals surface area contributed by atoms with Crippen molar-refractivity contribution < 1.29 is 27.1 Å². The normalized spacial score (nSPS) is 15.0. The van der Waals surface area contributed by atoms with Crippen molar-refractivity contribution in [2.45, 2.75) is 4.90 Å². The summed E-state index contributed by atoms with van der Waals surface area (Å²) in [6.45, 7) is 0.0562. The van der Waals surface area contributed by atoms with Crippen LogP contribution in [0.3, 0.4) is 0 Å². The molecule has 0 aliphatic carbocycles. The van der Waals surface area contributed by atoms with Crippen LogP contribution in [0.1, 0.15) is 10.4 Å². The Balaban J connectivity index is 1.35. The van der Waals surface area contributed by atoms with E-state index < -0.39 is 34.3 Å². The summed E-state index contributed by atoms with van der Waals surface area (Å²) in [5.74, 6) is -2.11. The molecule has 4 rings (SSSR count). The molecule has 0 radical (unpaired) electrons. The molecular formula is C23H21FN2O5S. The van der Waals surface area contributed by atoms with Gasteiger partial charge in [-0.05, 0) is 35.0 Å². The van der Waals surface area contributed by atoms with Gasteiger partial charge in [0.2, 0.25) is 10.0 Å². The molecule has 0 atom stereocenters. The molecule has 0 spiro atoms. The summed E-state index contributed by atoms with van der Waals surface area (Å²) < 4.78 is 46.0. The van der Waals surface area contributed by atoms with Gasteiger partial charge in [-0.1, -0.05) is 42.5 Å². The molecule has 7 nitrogen and oxygen atoms in total. The number of rotatable bonds is 5. The molecule has 1 heterocycles. The largest absolute Gasteiger partial charge is 0.452 e. The summed E-state index contributed by atoms with van der Waals surface area (Å²) in [6.07, 6.45) is 0. The van der Waals surface area contributed by atoms with Crippen molar-refractivity contribution in [1.29, 1.82) is 0 Å². The number of amides is 1. The summed E-state index contributed by atoms with van der Waals surface area (Å²) in [5, 5.41) is 1.78. The summed E-state index contributed by atoms with van der Waals surface area (Å²) in [4.78, 5) is 26.0. The van der Waals surface area contributed by atoms with Gasteiger partial charge < -0.3 is 9.64 Å². The number of fused-ring (bicyclic) bond motifs is 1. The minimum absolute atomic E-state index is 0.127. The third kappa shape index (κ3) is 4.49. The fraction of sp³-hybridized carbons (Fsp3) is 0.217. The van der Waals surface area contributed by atoms with Crippen molar-refractivity contribution in [3.63, 3.8) is 0 Å². The van der Waals surface area contributed by atoms with Crippen LogP contribution in [-0.4, -0.2) is 62.3 Å². The molecule has 32 heavy (non-hydrogen) atoms. The zero-order valence-electron chi connectivity index (χ0n) is 17.1. The van der Waals surface area contributed by atoms with E-state index in [-0.39, 0.29) is 36.6 Å². The second-order valence-electron chi connectivity index (χ2n) is 7.35. The fourth-order valence-electron chi connectivity index (χ4n) is 3.58. The van der Waals surface area contributed by atoms with E-state index in [0.29, 0.717) is 0 Å². The first-order valence-corrected chi connectivity index (χ1v) is 11.5. The average Bonchev–Trinajstić information content (AvgIpc) is 2.82. The molecule has 0 saturated carbocycles. The van der Waals surface area contributed by atoms with Crippen molar-refractivity contribution in [2.75, 3.05) is 32.8 Å². The molecule has 1 saturated heterocycles. The van der Waals surface area contributed by atoms with E-state index >= 15 is 0 Å². The van der Waals surface area contributed by atoms with E-state index in [0.717, 1.165) is 16.8 Å². The standard InChI is InChI=1S/C23H21FN2O5S/c24-21-8-4-3-7-20(21)23(28)31-16-22(27)25-11-13-26(14-12-25)32(29,30)19-10-9-17-5-1-2-6-18(17)15-19/h1-10,15H,11-14,16H2. The lowest BCUT2D eigenvalue weighted by atomic mass is 10.1. The molecule has 0 unspecified atom stereocenters. The van der Waals surface area contributed by atoms with Gasteiger partial charge in [0.25, 0.3) is 5.91 Å². The summed E-state index contributed by atoms with van der Waals surface area (Å²) >= 11 is 0. The lowest BCUT2D eigenvalue weighted by Crippen LogP contribution is -2.51. The average molecular weight is 456 g/mol. The van der Waals surface area contributed by atoms with Crippen LogP contribution in [0, 0.1) is 5.82 Å². The number of sulfonamides is 1. The number of carbonyl (C=O) groups is 2. The van der Waals surface area contributed by atoms with Gasteiger partial charge in [0.05, 0.1) is 10.5 Å². The Morgan fingerprint density at radius 1 is 0.875 bits per heavy atom. The third-order valence-electron chi connectivity index (χ3n) is 5.37. The highest BCUT2D eigenvalue weighted by Gasteiger charge is 2.30. The minimum Gasteiger partial charge on any atom is -0.452 e. The number of esters is 1. The molecule has 166 valence electrons. The maximum absolute atomic E-state index is 13.6. The molecule has 0 aromatic heterocycles. The van der Waals surface area contributed by atoms with E-state index in [4.69, 9.17) is 4.74 Å². The van der Waals surface area contributed by atoms with Crippen molar-refractivity contribution >= 4 is 32.7 Å². The Bertz CT molecular complexity index is 1270. The van der Waals surface area contributed by atoms with E-state index in [2.05, 4.69) is 0 Å². The van der Waals surface area contributed by atoms with Crippen molar-refractivity contribution in [3.8, 4) is 0 Å². The fourth-order valence-corrected chi connectivity index (χ4v) is 5.04. The minimum atomic E-state index is -3.70. The van der Waals surface area contributed by atoms with Gasteiger partial charge in [-0.3, -0.25) is 4.79 Å². The quantitative estimate of drug-likeness (QED) is 0.551. The lowest BCUT2D eigenvalue weighted by Gasteiger charge is -2.33. The Morgan fingerprint density at radius 3 is 2.25 bits per heavy atom. The number of piperazine rings is 1. The monoisotopic (exact) mass is 456 g/mol. The van der Waals surface area contributed by atoms with Gasteiger partial charge >= 0.3 is 5.97 Å². The van der Waals surface area contributed by atoms with Crippen LogP contribution in [0.25, 0.3) is 10.8 Å². The third-order valence-corrected chi connectivity index (χ3v) is 7.27. The number of benzene rings is 3. The molecule has 1 aliphatic rings. The maximum atomic E-state index is 13.6. The Labute approximate surface area is 185 Å². The first kappa shape index (κ1) is 21.9. The summed E-state index contributed by atoms with van der Waals surface area (Å²) in [7, 11) is -3.70. The first-order chi connectivity index (χ1) is 15.4. The topological polar surface area (TPSA) is 84.0 Å². The van der Waals surface area contributed by atoms with Crippen LogP contribution in [0.2, 0.25) is 0 Å². The van der Waals surface area contributed by atoms with Crippen molar-refractivity contribution in [2.24, 2.45) is 0 Å². The van der Waals surface area contributed by atoms with Crippen molar-refractivity contribution in [1.82, 2.24) is 9.21 Å². The number of halogens is 1. The Morgan fingerprint density at radius 2 is 1.53 bits per heavy atom. The number of hydrogen-bond donors (Lipinski definition) is 0. The van der Waals surface area contributed by atoms with Crippen LogP contribution < -0.4 is 0 Å². The van der Waals surface area contributed by atoms with Gasteiger partial charge in [-0.15, -0.1) is 0 Å². The lowest BCUT2D eigenvalue weighted by molar-refractivity contribution is -0.135. The van der Waals surface area contributed by atoms with E-state index in [9.17, 15) is 22.4 Å². The van der Waals surface area contributed by atoms with E-state index in [1.165, 1.54) is 27.4 Å². The highest BCUT2D eigenvalue weighted by molar-refractivity contribution is 7.89. The molecule has 1 aliphatic heterocycles. The van der Waals surface area contributed by atoms with Crippen LogP contribution in [0.4, 0.5) is 4.39 Å². The van der Waals surface area contributed by atoms with E-state index in [1.54, 1.807) is 18.2 Å². The smallest absolute Gasteiger partial charge is 0.341 e. The number of ether oxygens (including phenoxy) is 1. The molecule has 9 heteroatoms. The van der Waals surface area contributed by atoms with Crippen LogP contribution in [0.15, 0.2) is 71.6 Å². The summed E-state index contributed by atoms with van der Waals surface area (Å²) in [5.41, 5.74) is -0.244. The molecule has 1 fully saturated rings. The van der Waals surface area contributed by atoms with Gasteiger partial charge in [0, 0.05) is 26.2 Å². The van der Waals surface area contributed by atoms with Crippen LogP contribution >= 0.6 is 0 Å². The van der Waals surface area contributed by atoms with E-state index in [1.807, 2.05) is 24.3 Å². The molecule has 3 aromatic carbocycles. The van der Waals surface area contributed by atoms with Crippen LogP contribution in [0.5, 0.6) is 0 Å². The highest BCUT2D eigenvalue weighted by atomic mass is 32.2.